The average molecular weight is 594 g/mol. The van der Waals surface area contributed by atoms with Gasteiger partial charge in [-0.05, 0) is 89.5 Å². The first-order chi connectivity index (χ1) is 20.9. The summed E-state index contributed by atoms with van der Waals surface area (Å²) in [7, 11) is -4.03. The van der Waals surface area contributed by atoms with Crippen LogP contribution in [0, 0.1) is 0 Å². The van der Waals surface area contributed by atoms with E-state index in [1.807, 2.05) is 55.5 Å². The van der Waals surface area contributed by atoms with Crippen molar-refractivity contribution in [2.45, 2.75) is 18.4 Å². The molecule has 0 atom stereocenters. The second-order valence-electron chi connectivity index (χ2n) is 9.54. The Labute approximate surface area is 251 Å². The van der Waals surface area contributed by atoms with Crippen molar-refractivity contribution in [2.24, 2.45) is 5.10 Å². The molecule has 9 heteroatoms. The molecule has 0 aliphatic rings. The van der Waals surface area contributed by atoms with Crippen LogP contribution in [-0.4, -0.2) is 33.7 Å². The summed E-state index contributed by atoms with van der Waals surface area (Å²) in [6.45, 7) is 2.30. The minimum absolute atomic E-state index is 0.0722. The molecule has 0 aliphatic heterocycles. The van der Waals surface area contributed by atoms with E-state index in [9.17, 15) is 13.2 Å². The van der Waals surface area contributed by atoms with Crippen LogP contribution < -0.4 is 19.2 Å². The summed E-state index contributed by atoms with van der Waals surface area (Å²) >= 11 is 0. The Morgan fingerprint density at radius 3 is 2.19 bits per heavy atom. The number of sulfonamides is 1. The molecule has 0 saturated heterocycles. The second kappa shape index (κ2) is 13.7. The van der Waals surface area contributed by atoms with Crippen LogP contribution in [0.1, 0.15) is 18.1 Å². The number of hydrazone groups is 1. The zero-order chi connectivity index (χ0) is 30.1. The standard InChI is InChI=1S/C34H31N3O5S/c1-2-41-30-21-17-29(18-22-30)37(43(39,40)32-12-4-3-5-13-32)24-34(38)36-35-23-26-15-19-31(20-16-26)42-25-28-11-8-10-27-9-6-7-14-33(27)28/h3-23H,2,24-25H2,1H3,(H,36,38)/b35-23+. The Morgan fingerprint density at radius 1 is 0.791 bits per heavy atom. The van der Waals surface area contributed by atoms with Crippen LogP contribution in [0.5, 0.6) is 11.5 Å². The van der Waals surface area contributed by atoms with Gasteiger partial charge in [-0.25, -0.2) is 13.8 Å². The van der Waals surface area contributed by atoms with E-state index in [1.54, 1.807) is 42.5 Å². The number of nitrogens with zero attached hydrogens (tertiary/aromatic N) is 2. The van der Waals surface area contributed by atoms with E-state index in [1.165, 1.54) is 18.3 Å². The van der Waals surface area contributed by atoms with E-state index in [-0.39, 0.29) is 4.90 Å². The number of nitrogens with one attached hydrogen (secondary N) is 1. The highest BCUT2D eigenvalue weighted by atomic mass is 32.2. The van der Waals surface area contributed by atoms with E-state index < -0.39 is 22.5 Å². The van der Waals surface area contributed by atoms with Gasteiger partial charge >= 0.3 is 0 Å². The van der Waals surface area contributed by atoms with Crippen molar-refractivity contribution < 1.29 is 22.7 Å². The van der Waals surface area contributed by atoms with Crippen LogP contribution in [-0.2, 0) is 21.4 Å². The zero-order valence-corrected chi connectivity index (χ0v) is 24.4. The molecule has 0 radical (unpaired) electrons. The molecule has 0 heterocycles. The zero-order valence-electron chi connectivity index (χ0n) is 23.6. The predicted octanol–water partition coefficient (Wildman–Crippen LogP) is 6.16. The summed E-state index contributed by atoms with van der Waals surface area (Å²) in [5.41, 5.74) is 4.59. The molecule has 0 bridgehead atoms. The first-order valence-electron chi connectivity index (χ1n) is 13.8. The molecule has 1 amide bonds. The lowest BCUT2D eigenvalue weighted by atomic mass is 10.1. The quantitative estimate of drug-likeness (QED) is 0.138. The lowest BCUT2D eigenvalue weighted by Gasteiger charge is -2.24. The molecule has 43 heavy (non-hydrogen) atoms. The minimum Gasteiger partial charge on any atom is -0.494 e. The van der Waals surface area contributed by atoms with Gasteiger partial charge in [-0.3, -0.25) is 9.10 Å². The summed E-state index contributed by atoms with van der Waals surface area (Å²) in [4.78, 5) is 12.9. The SMILES string of the molecule is CCOc1ccc(N(CC(=O)N/N=C/c2ccc(OCc3cccc4ccccc34)cc2)S(=O)(=O)c2ccccc2)cc1. The fourth-order valence-electron chi connectivity index (χ4n) is 4.48. The first-order valence-corrected chi connectivity index (χ1v) is 15.2. The number of rotatable bonds is 12. The van der Waals surface area contributed by atoms with Crippen LogP contribution in [0.25, 0.3) is 10.8 Å². The number of ether oxygens (including phenoxy) is 2. The third kappa shape index (κ3) is 7.38. The molecule has 0 saturated carbocycles. The van der Waals surface area contributed by atoms with Crippen LogP contribution in [0.2, 0.25) is 0 Å². The summed E-state index contributed by atoms with van der Waals surface area (Å²) in [5.74, 6) is 0.702. The molecule has 5 rings (SSSR count). The van der Waals surface area contributed by atoms with Gasteiger partial charge in [0.05, 0.1) is 23.4 Å². The number of benzene rings is 5. The van der Waals surface area contributed by atoms with Crippen molar-refractivity contribution in [3.63, 3.8) is 0 Å². The van der Waals surface area contributed by atoms with Gasteiger partial charge < -0.3 is 9.47 Å². The maximum absolute atomic E-state index is 13.5. The smallest absolute Gasteiger partial charge is 0.264 e. The number of carbonyl (C=O) groups is 1. The van der Waals surface area contributed by atoms with Gasteiger partial charge in [-0.1, -0.05) is 60.7 Å². The third-order valence-corrected chi connectivity index (χ3v) is 8.40. The molecule has 1 N–H and O–H groups in total. The molecular weight excluding hydrogens is 562 g/mol. The summed E-state index contributed by atoms with van der Waals surface area (Å²) < 4.78 is 39.5. The van der Waals surface area contributed by atoms with E-state index in [0.717, 1.165) is 26.2 Å². The van der Waals surface area contributed by atoms with Crippen molar-refractivity contribution >= 4 is 38.6 Å². The maximum Gasteiger partial charge on any atom is 0.264 e. The Balaban J connectivity index is 1.22. The van der Waals surface area contributed by atoms with Gasteiger partial charge in [-0.2, -0.15) is 5.10 Å². The van der Waals surface area contributed by atoms with Crippen molar-refractivity contribution in [3.8, 4) is 11.5 Å². The summed E-state index contributed by atoms with van der Waals surface area (Å²) in [6.07, 6.45) is 1.49. The van der Waals surface area contributed by atoms with Crippen molar-refractivity contribution in [2.75, 3.05) is 17.5 Å². The van der Waals surface area contributed by atoms with Crippen molar-refractivity contribution in [1.29, 1.82) is 0 Å². The van der Waals surface area contributed by atoms with Crippen molar-refractivity contribution in [1.82, 2.24) is 5.43 Å². The fraction of sp³-hybridized carbons (Fsp3) is 0.118. The van der Waals surface area contributed by atoms with Crippen LogP contribution in [0.3, 0.4) is 0 Å². The molecule has 0 fully saturated rings. The highest BCUT2D eigenvalue weighted by molar-refractivity contribution is 7.92. The Hall–Kier alpha value is -5.15. The van der Waals surface area contributed by atoms with E-state index in [0.29, 0.717) is 30.4 Å². The highest BCUT2D eigenvalue weighted by Crippen LogP contribution is 2.26. The van der Waals surface area contributed by atoms with Crippen LogP contribution in [0.15, 0.2) is 131 Å². The van der Waals surface area contributed by atoms with E-state index >= 15 is 0 Å². The van der Waals surface area contributed by atoms with Crippen LogP contribution >= 0.6 is 0 Å². The van der Waals surface area contributed by atoms with Gasteiger partial charge in [0, 0.05) is 0 Å². The molecule has 5 aromatic rings. The minimum atomic E-state index is -4.03. The predicted molar refractivity (Wildman–Crippen MR) is 169 cm³/mol. The maximum atomic E-state index is 13.5. The third-order valence-electron chi connectivity index (χ3n) is 6.61. The van der Waals surface area contributed by atoms with E-state index in [4.69, 9.17) is 9.47 Å². The Bertz CT molecular complexity index is 1800. The summed E-state index contributed by atoms with van der Waals surface area (Å²) in [6, 6.07) is 36.1. The second-order valence-corrected chi connectivity index (χ2v) is 11.4. The van der Waals surface area contributed by atoms with E-state index in [2.05, 4.69) is 28.7 Å². The lowest BCUT2D eigenvalue weighted by molar-refractivity contribution is -0.119. The van der Waals surface area contributed by atoms with Crippen LogP contribution in [0.4, 0.5) is 5.69 Å². The number of carbonyl (C=O) groups excluding carboxylic acids is 1. The average Bonchev–Trinajstić information content (AvgIpc) is 3.04. The number of hydrogen-bond acceptors (Lipinski definition) is 6. The monoisotopic (exact) mass is 593 g/mol. The molecule has 8 nitrogen and oxygen atoms in total. The molecule has 218 valence electrons. The topological polar surface area (TPSA) is 97.3 Å². The van der Waals surface area contributed by atoms with Crippen molar-refractivity contribution in [3.05, 3.63) is 132 Å². The number of anilines is 1. The number of hydrogen-bond donors (Lipinski definition) is 1. The molecular formula is C34H31N3O5S. The largest absolute Gasteiger partial charge is 0.494 e. The van der Waals surface area contributed by atoms with Gasteiger partial charge in [0.2, 0.25) is 0 Å². The lowest BCUT2D eigenvalue weighted by Crippen LogP contribution is -2.39. The molecule has 5 aromatic carbocycles. The number of fused-ring (bicyclic) bond motifs is 1. The van der Waals surface area contributed by atoms with Gasteiger partial charge in [0.1, 0.15) is 24.7 Å². The summed E-state index contributed by atoms with van der Waals surface area (Å²) in [5, 5.41) is 6.35. The fourth-order valence-corrected chi connectivity index (χ4v) is 5.93. The normalized spacial score (nSPS) is 11.4. The van der Waals surface area contributed by atoms with Gasteiger partial charge in [-0.15, -0.1) is 0 Å². The highest BCUT2D eigenvalue weighted by Gasteiger charge is 2.27. The van der Waals surface area contributed by atoms with Gasteiger partial charge in [0.25, 0.3) is 15.9 Å². The Kier molecular flexibility index (Phi) is 9.33. The molecule has 0 aromatic heterocycles. The van der Waals surface area contributed by atoms with Gasteiger partial charge in [0.15, 0.2) is 0 Å². The Morgan fingerprint density at radius 2 is 1.44 bits per heavy atom. The first kappa shape index (κ1) is 29.3. The molecule has 0 spiro atoms. The molecule has 0 aliphatic carbocycles. The molecule has 0 unspecified atom stereocenters. The number of amides is 1.